The first kappa shape index (κ1) is 24.6. The summed E-state index contributed by atoms with van der Waals surface area (Å²) in [6.07, 6.45) is 9.04. The van der Waals surface area contributed by atoms with E-state index in [0.717, 1.165) is 37.6 Å². The second-order valence-electron chi connectivity index (χ2n) is 8.65. The lowest BCUT2D eigenvalue weighted by molar-refractivity contribution is -0.128. The lowest BCUT2D eigenvalue weighted by Crippen LogP contribution is -2.47. The number of amides is 2. The number of anilines is 4. The molecule has 0 radical (unpaired) electrons. The van der Waals surface area contributed by atoms with Gasteiger partial charge in [-0.15, -0.1) is 11.3 Å². The zero-order valence-electron chi connectivity index (χ0n) is 20.8. The Morgan fingerprint density at radius 1 is 1.09 bits per heavy atom. The largest absolute Gasteiger partial charge is 0.336 e. The molecule has 1 saturated heterocycles. The molecule has 4 rings (SSSR count). The molecule has 0 aliphatic carbocycles. The van der Waals surface area contributed by atoms with Gasteiger partial charge in [-0.25, -0.2) is 4.98 Å². The molecule has 2 amide bonds. The highest BCUT2D eigenvalue weighted by Gasteiger charge is 2.30. The van der Waals surface area contributed by atoms with Crippen molar-refractivity contribution in [3.8, 4) is 0 Å². The van der Waals surface area contributed by atoms with Gasteiger partial charge in [-0.05, 0) is 44.5 Å². The van der Waals surface area contributed by atoms with Gasteiger partial charge in [0.25, 0.3) is 11.8 Å². The number of nitrogens with zero attached hydrogens (tertiary/aromatic N) is 6. The second-order valence-corrected chi connectivity index (χ2v) is 9.57. The van der Waals surface area contributed by atoms with E-state index in [2.05, 4.69) is 22.2 Å². The minimum absolute atomic E-state index is 0.0300. The Hall–Kier alpha value is -3.50. The minimum atomic E-state index is -0.0763. The molecule has 184 valence electrons. The SMILES string of the molecule is C\C=C/C(=C\C=C(/C)Nc1ncc2c(n1)N(C)c1ccsc1C(=O)N2C)C(=O)N1CCN(C)CC1. The van der Waals surface area contributed by atoms with Crippen molar-refractivity contribution in [2.24, 2.45) is 0 Å². The Morgan fingerprint density at radius 3 is 2.54 bits per heavy atom. The molecule has 1 fully saturated rings. The number of rotatable bonds is 5. The third kappa shape index (κ3) is 5.13. The molecule has 1 N–H and O–H groups in total. The second kappa shape index (κ2) is 10.4. The van der Waals surface area contributed by atoms with Gasteiger partial charge in [0.2, 0.25) is 5.95 Å². The topological polar surface area (TPSA) is 84.9 Å². The maximum Gasteiger partial charge on any atom is 0.270 e. The van der Waals surface area contributed by atoms with Gasteiger partial charge in [0.1, 0.15) is 10.6 Å². The van der Waals surface area contributed by atoms with Crippen molar-refractivity contribution >= 4 is 46.3 Å². The predicted octanol–water partition coefficient (Wildman–Crippen LogP) is 3.49. The summed E-state index contributed by atoms with van der Waals surface area (Å²) in [5.74, 6) is 1.00. The predicted molar refractivity (Wildman–Crippen MR) is 142 cm³/mol. The molecule has 2 aromatic heterocycles. The summed E-state index contributed by atoms with van der Waals surface area (Å²) in [6.45, 7) is 7.01. The third-order valence-electron chi connectivity index (χ3n) is 6.14. The van der Waals surface area contributed by atoms with Crippen LogP contribution in [0.15, 0.2) is 53.2 Å². The summed E-state index contributed by atoms with van der Waals surface area (Å²) < 4.78 is 0. The third-order valence-corrected chi connectivity index (χ3v) is 7.03. The molecule has 2 aliphatic rings. The number of allylic oxidation sites excluding steroid dienone is 4. The van der Waals surface area contributed by atoms with Crippen LogP contribution in [-0.2, 0) is 4.79 Å². The Balaban J connectivity index is 1.55. The van der Waals surface area contributed by atoms with Crippen molar-refractivity contribution in [3.05, 3.63) is 58.1 Å². The summed E-state index contributed by atoms with van der Waals surface area (Å²) in [7, 11) is 5.70. The lowest BCUT2D eigenvalue weighted by Gasteiger charge is -2.32. The van der Waals surface area contributed by atoms with E-state index in [9.17, 15) is 9.59 Å². The molecular weight excluding hydrogens is 462 g/mol. The van der Waals surface area contributed by atoms with E-state index < -0.39 is 0 Å². The van der Waals surface area contributed by atoms with Gasteiger partial charge in [0, 0.05) is 51.5 Å². The molecule has 35 heavy (non-hydrogen) atoms. The van der Waals surface area contributed by atoms with Crippen molar-refractivity contribution in [1.82, 2.24) is 19.8 Å². The van der Waals surface area contributed by atoms with E-state index in [4.69, 9.17) is 4.98 Å². The van der Waals surface area contributed by atoms with Crippen LogP contribution in [0.25, 0.3) is 0 Å². The van der Waals surface area contributed by atoms with Crippen LogP contribution in [0.2, 0.25) is 0 Å². The Labute approximate surface area is 210 Å². The Morgan fingerprint density at radius 2 is 1.83 bits per heavy atom. The molecule has 0 bridgehead atoms. The number of hydrogen-bond acceptors (Lipinski definition) is 8. The maximum absolute atomic E-state index is 13.0. The van der Waals surface area contributed by atoms with Crippen LogP contribution >= 0.6 is 11.3 Å². The van der Waals surface area contributed by atoms with Crippen molar-refractivity contribution < 1.29 is 9.59 Å². The van der Waals surface area contributed by atoms with E-state index >= 15 is 0 Å². The molecule has 2 aliphatic heterocycles. The number of likely N-dealkylation sites (N-methyl/N-ethyl adjacent to an activating group) is 1. The lowest BCUT2D eigenvalue weighted by atomic mass is 10.1. The summed E-state index contributed by atoms with van der Waals surface area (Å²) in [6, 6.07) is 1.92. The van der Waals surface area contributed by atoms with Gasteiger partial charge in [0.05, 0.1) is 11.9 Å². The molecule has 9 nitrogen and oxygen atoms in total. The highest BCUT2D eigenvalue weighted by atomic mass is 32.1. The van der Waals surface area contributed by atoms with Gasteiger partial charge >= 0.3 is 0 Å². The fourth-order valence-corrected chi connectivity index (χ4v) is 4.91. The van der Waals surface area contributed by atoms with Crippen molar-refractivity contribution in [3.63, 3.8) is 0 Å². The number of aromatic nitrogens is 2. The van der Waals surface area contributed by atoms with Crippen molar-refractivity contribution in [1.29, 1.82) is 0 Å². The number of carbonyl (C=O) groups excluding carboxylic acids is 2. The van der Waals surface area contributed by atoms with Gasteiger partial charge in [-0.1, -0.05) is 12.2 Å². The van der Waals surface area contributed by atoms with Crippen molar-refractivity contribution in [2.45, 2.75) is 13.8 Å². The molecule has 2 aromatic rings. The van der Waals surface area contributed by atoms with E-state index in [1.807, 2.05) is 66.4 Å². The van der Waals surface area contributed by atoms with Crippen LogP contribution in [0.4, 0.5) is 23.1 Å². The highest BCUT2D eigenvalue weighted by Crippen LogP contribution is 2.40. The van der Waals surface area contributed by atoms with E-state index in [1.54, 1.807) is 18.1 Å². The molecule has 4 heterocycles. The fourth-order valence-electron chi connectivity index (χ4n) is 4.02. The van der Waals surface area contributed by atoms with Gasteiger partial charge in [0.15, 0.2) is 5.82 Å². The number of fused-ring (bicyclic) bond motifs is 2. The highest BCUT2D eigenvalue weighted by molar-refractivity contribution is 7.12. The number of nitrogens with one attached hydrogen (secondary N) is 1. The van der Waals surface area contributed by atoms with Crippen LogP contribution in [0.5, 0.6) is 0 Å². The van der Waals surface area contributed by atoms with Crippen LogP contribution < -0.4 is 15.1 Å². The molecule has 0 atom stereocenters. The van der Waals surface area contributed by atoms with E-state index in [0.29, 0.717) is 27.9 Å². The van der Waals surface area contributed by atoms with Crippen molar-refractivity contribution in [2.75, 3.05) is 62.4 Å². The summed E-state index contributed by atoms with van der Waals surface area (Å²) in [4.78, 5) is 43.2. The van der Waals surface area contributed by atoms with Crippen LogP contribution in [-0.4, -0.2) is 78.9 Å². The minimum Gasteiger partial charge on any atom is -0.336 e. The van der Waals surface area contributed by atoms with E-state index in [-0.39, 0.29) is 11.8 Å². The number of carbonyl (C=O) groups is 2. The molecule has 0 aromatic carbocycles. The smallest absolute Gasteiger partial charge is 0.270 e. The first-order valence-electron chi connectivity index (χ1n) is 11.5. The average Bonchev–Trinajstić information content (AvgIpc) is 3.33. The van der Waals surface area contributed by atoms with Gasteiger partial charge < -0.3 is 24.9 Å². The fraction of sp³-hybridized carbons (Fsp3) is 0.360. The first-order chi connectivity index (χ1) is 16.8. The zero-order chi connectivity index (χ0) is 25.1. The standard InChI is InChI=1S/C25H31N7O2S/c1-6-7-18(23(33)32-13-11-29(3)12-14-32)9-8-17(2)27-25-26-16-20-22(28-25)30(4)19-10-15-35-21(19)24(34)31(20)5/h6-10,15-16H,11-14H2,1-5H3,(H,26,27,28)/b7-6-,17-8+,18-9+. The maximum atomic E-state index is 13.0. The van der Waals surface area contributed by atoms with Crippen LogP contribution in [0.3, 0.4) is 0 Å². The number of hydrogen-bond donors (Lipinski definition) is 1. The molecule has 0 unspecified atom stereocenters. The first-order valence-corrected chi connectivity index (χ1v) is 12.4. The normalized spacial score (nSPS) is 17.5. The zero-order valence-corrected chi connectivity index (χ0v) is 21.6. The summed E-state index contributed by atoms with van der Waals surface area (Å²) in [5.41, 5.74) is 2.88. The van der Waals surface area contributed by atoms with Gasteiger partial charge in [-0.2, -0.15) is 4.98 Å². The van der Waals surface area contributed by atoms with Crippen LogP contribution in [0, 0.1) is 0 Å². The monoisotopic (exact) mass is 493 g/mol. The number of piperazine rings is 1. The molecular formula is C25H31N7O2S. The molecule has 0 spiro atoms. The summed E-state index contributed by atoms with van der Waals surface area (Å²) >= 11 is 1.41. The van der Waals surface area contributed by atoms with Gasteiger partial charge in [-0.3, -0.25) is 9.59 Å². The number of thiophene rings is 1. The Bertz CT molecular complexity index is 1210. The average molecular weight is 494 g/mol. The van der Waals surface area contributed by atoms with Crippen LogP contribution in [0.1, 0.15) is 23.5 Å². The molecule has 0 saturated carbocycles. The quantitative estimate of drug-likeness (QED) is 0.504. The molecule has 10 heteroatoms. The van der Waals surface area contributed by atoms with E-state index in [1.165, 1.54) is 11.3 Å². The Kier molecular flexibility index (Phi) is 7.32. The summed E-state index contributed by atoms with van der Waals surface area (Å²) in [5, 5.41) is 5.12.